The van der Waals surface area contributed by atoms with Gasteiger partial charge in [-0.1, -0.05) is 18.2 Å². The van der Waals surface area contributed by atoms with Crippen LogP contribution < -0.4 is 10.5 Å². The van der Waals surface area contributed by atoms with E-state index in [1.54, 1.807) is 51.9 Å². The molecule has 47 heavy (non-hydrogen) atoms. The Morgan fingerprint density at radius 2 is 1.91 bits per heavy atom. The highest BCUT2D eigenvalue weighted by molar-refractivity contribution is 5.99. The van der Waals surface area contributed by atoms with E-state index >= 15 is 4.39 Å². The number of fused-ring (bicyclic) bond motifs is 1. The van der Waals surface area contributed by atoms with Crippen molar-refractivity contribution < 1.29 is 18.7 Å². The molecule has 4 heterocycles. The number of halogens is 1. The summed E-state index contributed by atoms with van der Waals surface area (Å²) in [7, 11) is 1.76. The molecule has 0 radical (unpaired) electrons. The van der Waals surface area contributed by atoms with Crippen LogP contribution in [0.4, 0.5) is 10.2 Å². The molecule has 242 valence electrons. The second-order valence-corrected chi connectivity index (χ2v) is 12.4. The average molecular weight is 638 g/mol. The molecule has 12 nitrogen and oxygen atoms in total. The Hall–Kier alpha value is -5.35. The maximum absolute atomic E-state index is 15.6. The van der Waals surface area contributed by atoms with Crippen molar-refractivity contribution in [3.63, 3.8) is 0 Å². The van der Waals surface area contributed by atoms with Gasteiger partial charge < -0.3 is 20.3 Å². The Bertz CT molecular complexity index is 1900. The predicted octanol–water partition coefficient (Wildman–Crippen LogP) is 4.17. The van der Waals surface area contributed by atoms with Gasteiger partial charge in [0.1, 0.15) is 46.8 Å². The van der Waals surface area contributed by atoms with Gasteiger partial charge in [0.15, 0.2) is 5.65 Å². The highest BCUT2D eigenvalue weighted by atomic mass is 19.1. The number of amides is 2. The number of nitrogens with zero attached hydrogens (tertiary/aromatic N) is 8. The first-order valence-corrected chi connectivity index (χ1v) is 15.5. The molecule has 2 aliphatic heterocycles. The molecule has 0 saturated carbocycles. The summed E-state index contributed by atoms with van der Waals surface area (Å²) in [6, 6.07) is 15.4. The van der Waals surface area contributed by atoms with Gasteiger partial charge in [-0.3, -0.25) is 14.5 Å². The number of ether oxygens (including phenoxy) is 1. The zero-order valence-corrected chi connectivity index (χ0v) is 26.6. The lowest BCUT2D eigenvalue weighted by Gasteiger charge is -2.41. The fourth-order valence-corrected chi connectivity index (χ4v) is 6.16. The van der Waals surface area contributed by atoms with Gasteiger partial charge in [0.05, 0.1) is 18.0 Å². The number of nitrogen functional groups attached to an aromatic ring is 1. The molecule has 0 aliphatic carbocycles. The lowest BCUT2D eigenvalue weighted by molar-refractivity contribution is -0.136. The molecular formula is C34H36FN9O3. The van der Waals surface area contributed by atoms with Gasteiger partial charge in [-0.2, -0.15) is 10.4 Å². The first-order valence-electron chi connectivity index (χ1n) is 15.5. The van der Waals surface area contributed by atoms with Crippen LogP contribution >= 0.6 is 0 Å². The van der Waals surface area contributed by atoms with Crippen molar-refractivity contribution in [1.29, 1.82) is 5.26 Å². The quantitative estimate of drug-likeness (QED) is 0.233. The third-order valence-corrected chi connectivity index (χ3v) is 8.84. The van der Waals surface area contributed by atoms with E-state index in [1.165, 1.54) is 12.4 Å². The smallest absolute Gasteiger partial charge is 0.264 e. The summed E-state index contributed by atoms with van der Waals surface area (Å²) in [5.74, 6) is 0.113. The van der Waals surface area contributed by atoms with Crippen LogP contribution in [0.15, 0.2) is 66.5 Å². The zero-order valence-electron chi connectivity index (χ0n) is 26.6. The van der Waals surface area contributed by atoms with E-state index in [0.717, 1.165) is 0 Å². The second kappa shape index (κ2) is 12.8. The normalized spacial score (nSPS) is 18.0. The van der Waals surface area contributed by atoms with Crippen LogP contribution in [0, 0.1) is 17.1 Å². The van der Waals surface area contributed by atoms with Gasteiger partial charge in [0, 0.05) is 50.4 Å². The minimum atomic E-state index is -0.694. The molecule has 13 heteroatoms. The Morgan fingerprint density at radius 1 is 1.13 bits per heavy atom. The SMILES string of the molecule is CN1CCN(C(C)(C)/C=C(/C#N)C(=O)N2CCC[C@@H](n3nc(-c4ccc(Oc5ccccc5)cc4F)c4c(N)ncnc43)C2)CC1=O. The molecule has 0 spiro atoms. The molecular weight excluding hydrogens is 601 g/mol. The predicted molar refractivity (Wildman–Crippen MR) is 173 cm³/mol. The second-order valence-electron chi connectivity index (χ2n) is 12.4. The van der Waals surface area contributed by atoms with E-state index in [1.807, 2.05) is 36.9 Å². The maximum atomic E-state index is 15.6. The van der Waals surface area contributed by atoms with Crippen molar-refractivity contribution >= 4 is 28.7 Å². The largest absolute Gasteiger partial charge is 0.457 e. The molecule has 2 aliphatic rings. The fourth-order valence-electron chi connectivity index (χ4n) is 6.16. The van der Waals surface area contributed by atoms with Crippen LogP contribution in [-0.4, -0.2) is 91.6 Å². The molecule has 1 atom stereocenters. The van der Waals surface area contributed by atoms with Gasteiger partial charge in [-0.25, -0.2) is 19.0 Å². The van der Waals surface area contributed by atoms with E-state index < -0.39 is 17.3 Å². The Morgan fingerprint density at radius 3 is 2.64 bits per heavy atom. The van der Waals surface area contributed by atoms with Crippen molar-refractivity contribution in [3.8, 4) is 28.8 Å². The fraction of sp³-hybridized carbons (Fsp3) is 0.353. The number of likely N-dealkylation sites (tertiary alicyclic amines) is 1. The van der Waals surface area contributed by atoms with E-state index in [-0.39, 0.29) is 47.7 Å². The standard InChI is InChI=1S/C34H36FN9O3/c1-34(2,43-15-14-41(3)28(45)20-43)17-22(18-36)33(46)42-13-7-8-23(19-42)44-32-29(31(37)38-21-39-32)30(40-44)26-12-11-25(16-27(26)35)47-24-9-5-4-6-10-24/h4-6,9-12,16-17,21,23H,7-8,13-15,19-20H2,1-3H3,(H2,37,38,39)/b22-17-/t23-/m1/s1. The van der Waals surface area contributed by atoms with E-state index in [9.17, 15) is 14.9 Å². The molecule has 0 bridgehead atoms. The van der Waals surface area contributed by atoms with Crippen LogP contribution in [0.2, 0.25) is 0 Å². The summed E-state index contributed by atoms with van der Waals surface area (Å²) < 4.78 is 23.1. The van der Waals surface area contributed by atoms with Crippen molar-refractivity contribution in [2.75, 3.05) is 45.5 Å². The number of hydrogen-bond acceptors (Lipinski definition) is 9. The molecule has 2 amide bonds. The van der Waals surface area contributed by atoms with E-state index in [2.05, 4.69) is 16.0 Å². The highest BCUT2D eigenvalue weighted by Crippen LogP contribution is 2.36. The van der Waals surface area contributed by atoms with Crippen LogP contribution in [-0.2, 0) is 9.59 Å². The number of para-hydroxylation sites is 1. The van der Waals surface area contributed by atoms with Crippen LogP contribution in [0.3, 0.4) is 0 Å². The van der Waals surface area contributed by atoms with Gasteiger partial charge in [0.25, 0.3) is 5.91 Å². The number of aromatic nitrogens is 4. The minimum absolute atomic E-state index is 0.00645. The monoisotopic (exact) mass is 637 g/mol. The van der Waals surface area contributed by atoms with Crippen molar-refractivity contribution in [1.82, 2.24) is 34.4 Å². The number of carbonyl (C=O) groups excluding carboxylic acids is 2. The highest BCUT2D eigenvalue weighted by Gasteiger charge is 2.35. The third kappa shape index (κ3) is 6.37. The molecule has 2 N–H and O–H groups in total. The molecule has 2 aromatic heterocycles. The number of nitrogens with two attached hydrogens (primary N) is 1. The van der Waals surface area contributed by atoms with Gasteiger partial charge >= 0.3 is 0 Å². The first kappa shape index (κ1) is 31.6. The number of benzene rings is 2. The number of nitriles is 1. The lowest BCUT2D eigenvalue weighted by Crippen LogP contribution is -2.55. The van der Waals surface area contributed by atoms with Gasteiger partial charge in [0.2, 0.25) is 5.91 Å². The number of likely N-dealkylation sites (N-methyl/N-ethyl adjacent to an activating group) is 1. The van der Waals surface area contributed by atoms with Crippen molar-refractivity contribution in [2.45, 2.75) is 38.3 Å². The summed E-state index contributed by atoms with van der Waals surface area (Å²) in [6.07, 6.45) is 4.32. The number of rotatable bonds is 7. The lowest BCUT2D eigenvalue weighted by atomic mass is 9.96. The molecule has 2 aromatic carbocycles. The zero-order chi connectivity index (χ0) is 33.3. The Balaban J connectivity index is 1.27. The molecule has 0 unspecified atom stereocenters. The molecule has 2 fully saturated rings. The Labute approximate surface area is 271 Å². The molecule has 6 rings (SSSR count). The maximum Gasteiger partial charge on any atom is 0.264 e. The summed E-state index contributed by atoms with van der Waals surface area (Å²) in [5, 5.41) is 15.3. The van der Waals surface area contributed by atoms with Gasteiger partial charge in [-0.15, -0.1) is 0 Å². The van der Waals surface area contributed by atoms with E-state index in [4.69, 9.17) is 15.6 Å². The number of carbonyl (C=O) groups is 2. The summed E-state index contributed by atoms with van der Waals surface area (Å²) in [4.78, 5) is 40.0. The number of hydrogen-bond donors (Lipinski definition) is 1. The van der Waals surface area contributed by atoms with Crippen LogP contribution in [0.1, 0.15) is 32.7 Å². The molecule has 4 aromatic rings. The van der Waals surface area contributed by atoms with Crippen molar-refractivity contribution in [3.05, 3.63) is 72.3 Å². The summed E-state index contributed by atoms with van der Waals surface area (Å²) in [6.45, 7) is 5.94. The Kier molecular flexibility index (Phi) is 8.62. The summed E-state index contributed by atoms with van der Waals surface area (Å²) >= 11 is 0. The molecule has 2 saturated heterocycles. The van der Waals surface area contributed by atoms with Crippen LogP contribution in [0.5, 0.6) is 11.5 Å². The first-order chi connectivity index (χ1) is 22.6. The topological polar surface area (TPSA) is 146 Å². The third-order valence-electron chi connectivity index (χ3n) is 8.84. The minimum Gasteiger partial charge on any atom is -0.457 e. The number of anilines is 1. The number of piperazine rings is 1. The van der Waals surface area contributed by atoms with Gasteiger partial charge in [-0.05, 0) is 57.0 Å². The number of piperidine rings is 1. The van der Waals surface area contributed by atoms with Crippen molar-refractivity contribution in [2.24, 2.45) is 0 Å². The average Bonchev–Trinajstić information content (AvgIpc) is 3.46. The van der Waals surface area contributed by atoms with E-state index in [0.29, 0.717) is 55.0 Å². The summed E-state index contributed by atoms with van der Waals surface area (Å²) in [5.41, 5.74) is 6.54. The van der Waals surface area contributed by atoms with Crippen LogP contribution in [0.25, 0.3) is 22.3 Å².